The van der Waals surface area contributed by atoms with E-state index in [1.165, 1.54) is 11.8 Å². The van der Waals surface area contributed by atoms with E-state index in [4.69, 9.17) is 11.6 Å². The van der Waals surface area contributed by atoms with Crippen molar-refractivity contribution in [3.63, 3.8) is 0 Å². The number of amidine groups is 1. The van der Waals surface area contributed by atoms with Crippen molar-refractivity contribution in [1.82, 2.24) is 0 Å². The first kappa shape index (κ1) is 19.4. The highest BCUT2D eigenvalue weighted by Crippen LogP contribution is 2.33. The third kappa shape index (κ3) is 4.58. The molecule has 1 amide bonds. The Labute approximate surface area is 178 Å². The lowest BCUT2D eigenvalue weighted by Crippen LogP contribution is -2.32. The molecule has 0 saturated carbocycles. The predicted octanol–water partition coefficient (Wildman–Crippen LogP) is 5.42. The molecule has 1 aliphatic rings. The Hall–Kier alpha value is -2.89. The molecule has 3 aromatic rings. The van der Waals surface area contributed by atoms with Gasteiger partial charge in [-0.2, -0.15) is 5.10 Å². The Bertz CT molecular complexity index is 1050. The van der Waals surface area contributed by atoms with Crippen LogP contribution in [0, 0.1) is 0 Å². The Kier molecular flexibility index (Phi) is 6.08. The molecule has 1 fully saturated rings. The molecule has 29 heavy (non-hydrogen) atoms. The lowest BCUT2D eigenvalue weighted by molar-refractivity contribution is -0.116. The average Bonchev–Trinajstić information content (AvgIpc) is 3.06. The first-order chi connectivity index (χ1) is 14.2. The maximum atomic E-state index is 13.2. The van der Waals surface area contributed by atoms with Gasteiger partial charge >= 0.3 is 0 Å². The summed E-state index contributed by atoms with van der Waals surface area (Å²) in [5.74, 6) is 0.0109. The van der Waals surface area contributed by atoms with Gasteiger partial charge in [-0.1, -0.05) is 90.1 Å². The van der Waals surface area contributed by atoms with Crippen LogP contribution in [-0.4, -0.2) is 22.5 Å². The van der Waals surface area contributed by atoms with E-state index < -0.39 is 0 Å². The largest absolute Gasteiger partial charge is 0.273 e. The Balaban J connectivity index is 1.62. The van der Waals surface area contributed by atoms with Gasteiger partial charge in [0.2, 0.25) is 5.91 Å². The maximum absolute atomic E-state index is 13.2. The van der Waals surface area contributed by atoms with E-state index in [0.29, 0.717) is 16.6 Å². The van der Waals surface area contributed by atoms with Gasteiger partial charge in [-0.15, -0.1) is 5.10 Å². The van der Waals surface area contributed by atoms with Crippen LogP contribution in [-0.2, 0) is 11.2 Å². The molecule has 6 heteroatoms. The summed E-state index contributed by atoms with van der Waals surface area (Å²) in [5, 5.41) is 9.48. The van der Waals surface area contributed by atoms with Gasteiger partial charge in [0.05, 0.1) is 17.2 Å². The van der Waals surface area contributed by atoms with Crippen LogP contribution in [0.15, 0.2) is 95.1 Å². The van der Waals surface area contributed by atoms with Crippen molar-refractivity contribution in [2.24, 2.45) is 10.2 Å². The van der Waals surface area contributed by atoms with Crippen molar-refractivity contribution in [2.75, 3.05) is 4.90 Å². The summed E-state index contributed by atoms with van der Waals surface area (Å²) >= 11 is 7.61. The molecule has 1 saturated heterocycles. The van der Waals surface area contributed by atoms with Crippen molar-refractivity contribution in [2.45, 2.75) is 11.7 Å². The van der Waals surface area contributed by atoms with Gasteiger partial charge in [0.1, 0.15) is 0 Å². The SMILES string of the molecule is O=C1[C@@H](Cc2ccccc2)S/C(=N/N=C/c2ccccc2Cl)N1c1ccccc1. The van der Waals surface area contributed by atoms with E-state index in [1.54, 1.807) is 17.2 Å². The van der Waals surface area contributed by atoms with E-state index in [2.05, 4.69) is 10.2 Å². The number of nitrogens with zero attached hydrogens (tertiary/aromatic N) is 3. The molecule has 0 N–H and O–H groups in total. The first-order valence-corrected chi connectivity index (χ1v) is 10.4. The minimum atomic E-state index is -0.244. The third-order valence-corrected chi connectivity index (χ3v) is 5.93. The van der Waals surface area contributed by atoms with Crippen molar-refractivity contribution < 1.29 is 4.79 Å². The Morgan fingerprint density at radius 1 is 0.931 bits per heavy atom. The molecule has 0 unspecified atom stereocenters. The zero-order valence-electron chi connectivity index (χ0n) is 15.5. The van der Waals surface area contributed by atoms with Crippen molar-refractivity contribution >= 4 is 46.3 Å². The fourth-order valence-corrected chi connectivity index (χ4v) is 4.35. The second-order valence-electron chi connectivity index (χ2n) is 6.45. The number of hydrogen-bond donors (Lipinski definition) is 0. The van der Waals surface area contributed by atoms with Crippen molar-refractivity contribution in [1.29, 1.82) is 0 Å². The molecule has 144 valence electrons. The molecule has 1 aliphatic heterocycles. The minimum Gasteiger partial charge on any atom is -0.273 e. The number of amides is 1. The number of para-hydroxylation sites is 1. The van der Waals surface area contributed by atoms with E-state index in [9.17, 15) is 4.79 Å². The summed E-state index contributed by atoms with van der Waals surface area (Å²) in [6, 6.07) is 27.0. The fraction of sp³-hybridized carbons (Fsp3) is 0.0870. The van der Waals surface area contributed by atoms with Crippen LogP contribution < -0.4 is 4.90 Å². The van der Waals surface area contributed by atoms with Crippen molar-refractivity contribution in [3.8, 4) is 0 Å². The number of carbonyl (C=O) groups excluding carboxylic acids is 1. The van der Waals surface area contributed by atoms with Gasteiger partial charge in [-0.05, 0) is 30.2 Å². The predicted molar refractivity (Wildman–Crippen MR) is 122 cm³/mol. The quantitative estimate of drug-likeness (QED) is 0.409. The smallest absolute Gasteiger partial charge is 0.247 e. The minimum absolute atomic E-state index is 0.0109. The molecule has 3 aromatic carbocycles. The second kappa shape index (κ2) is 9.07. The second-order valence-corrected chi connectivity index (χ2v) is 8.03. The van der Waals surface area contributed by atoms with Crippen LogP contribution in [0.1, 0.15) is 11.1 Å². The monoisotopic (exact) mass is 419 g/mol. The van der Waals surface area contributed by atoms with Gasteiger partial charge in [0, 0.05) is 10.6 Å². The number of rotatable bonds is 5. The summed E-state index contributed by atoms with van der Waals surface area (Å²) < 4.78 is 0. The number of halogens is 1. The van der Waals surface area contributed by atoms with Gasteiger partial charge in [-0.25, -0.2) is 0 Å². The highest BCUT2D eigenvalue weighted by molar-refractivity contribution is 8.16. The third-order valence-electron chi connectivity index (χ3n) is 4.46. The Morgan fingerprint density at radius 3 is 2.31 bits per heavy atom. The molecule has 1 heterocycles. The maximum Gasteiger partial charge on any atom is 0.247 e. The number of carbonyl (C=O) groups is 1. The Morgan fingerprint density at radius 2 is 1.59 bits per heavy atom. The summed E-state index contributed by atoms with van der Waals surface area (Å²) in [5.41, 5.74) is 2.68. The zero-order valence-corrected chi connectivity index (χ0v) is 17.1. The standard InChI is InChI=1S/C23H18ClN3OS/c24-20-14-8-7-11-18(20)16-25-26-23-27(19-12-5-2-6-13-19)22(28)21(29-23)15-17-9-3-1-4-10-17/h1-14,16,21H,15H2/b25-16+,26-23+/t21-/m1/s1. The summed E-state index contributed by atoms with van der Waals surface area (Å²) in [6.45, 7) is 0. The van der Waals surface area contributed by atoms with Gasteiger partial charge in [0.25, 0.3) is 0 Å². The van der Waals surface area contributed by atoms with E-state index >= 15 is 0 Å². The van der Waals surface area contributed by atoms with E-state index in [1.807, 2.05) is 78.9 Å². The van der Waals surface area contributed by atoms with Gasteiger partial charge < -0.3 is 0 Å². The highest BCUT2D eigenvalue weighted by Gasteiger charge is 2.39. The molecule has 0 aliphatic carbocycles. The molecular formula is C23H18ClN3OS. The average molecular weight is 420 g/mol. The molecule has 0 bridgehead atoms. The number of hydrogen-bond acceptors (Lipinski definition) is 4. The van der Waals surface area contributed by atoms with E-state index in [-0.39, 0.29) is 11.2 Å². The number of benzene rings is 3. The van der Waals surface area contributed by atoms with Crippen molar-refractivity contribution in [3.05, 3.63) is 101 Å². The summed E-state index contributed by atoms with van der Waals surface area (Å²) in [6.07, 6.45) is 2.25. The number of thioether (sulfide) groups is 1. The molecule has 0 radical (unpaired) electrons. The van der Waals surface area contributed by atoms with Crippen LogP contribution in [0.2, 0.25) is 5.02 Å². The van der Waals surface area contributed by atoms with Crippen LogP contribution in [0.5, 0.6) is 0 Å². The molecule has 0 spiro atoms. The molecule has 1 atom stereocenters. The topological polar surface area (TPSA) is 45.0 Å². The lowest BCUT2D eigenvalue weighted by atomic mass is 10.1. The normalized spacial score (nSPS) is 18.1. The zero-order chi connectivity index (χ0) is 20.1. The first-order valence-electron chi connectivity index (χ1n) is 9.17. The molecule has 0 aromatic heterocycles. The van der Waals surface area contributed by atoms with Crippen LogP contribution in [0.3, 0.4) is 0 Å². The van der Waals surface area contributed by atoms with E-state index in [0.717, 1.165) is 16.8 Å². The van der Waals surface area contributed by atoms with Crippen LogP contribution >= 0.6 is 23.4 Å². The van der Waals surface area contributed by atoms with Gasteiger partial charge in [0.15, 0.2) is 5.17 Å². The molecular weight excluding hydrogens is 402 g/mol. The highest BCUT2D eigenvalue weighted by atomic mass is 35.5. The van der Waals surface area contributed by atoms with Crippen LogP contribution in [0.4, 0.5) is 5.69 Å². The fourth-order valence-electron chi connectivity index (χ4n) is 3.03. The summed E-state index contributed by atoms with van der Waals surface area (Å²) in [4.78, 5) is 14.8. The molecule has 4 nitrogen and oxygen atoms in total. The van der Waals surface area contributed by atoms with Crippen LogP contribution in [0.25, 0.3) is 0 Å². The number of anilines is 1. The van der Waals surface area contributed by atoms with Gasteiger partial charge in [-0.3, -0.25) is 9.69 Å². The lowest BCUT2D eigenvalue weighted by Gasteiger charge is -2.15. The molecule has 4 rings (SSSR count). The summed E-state index contributed by atoms with van der Waals surface area (Å²) in [7, 11) is 0.